The highest BCUT2D eigenvalue weighted by molar-refractivity contribution is 6.02. The molecule has 3 rings (SSSR count). The van der Waals surface area contributed by atoms with Crippen LogP contribution in [0.1, 0.15) is 29.7 Å². The van der Waals surface area contributed by atoms with Gasteiger partial charge in [0.2, 0.25) is 0 Å². The molecule has 0 saturated carbocycles. The number of halogens is 3. The molecule has 0 fully saturated rings. The number of benzene rings is 2. The molecule has 27 heavy (non-hydrogen) atoms. The van der Waals surface area contributed by atoms with Gasteiger partial charge < -0.3 is 16.0 Å². The molecule has 1 aliphatic heterocycles. The second kappa shape index (κ2) is 6.94. The van der Waals surface area contributed by atoms with Gasteiger partial charge in [-0.15, -0.1) is 0 Å². The van der Waals surface area contributed by atoms with E-state index in [-0.39, 0.29) is 6.42 Å². The van der Waals surface area contributed by atoms with Crippen LogP contribution in [0.4, 0.5) is 23.7 Å². The van der Waals surface area contributed by atoms with Crippen LogP contribution in [0.15, 0.2) is 48.5 Å². The number of anilines is 1. The molecule has 142 valence electrons. The Bertz CT molecular complexity index is 882. The first-order chi connectivity index (χ1) is 12.7. The Balaban J connectivity index is 2.03. The first-order valence-corrected chi connectivity index (χ1v) is 8.32. The topological polar surface area (TPSA) is 75.4 Å². The van der Waals surface area contributed by atoms with Gasteiger partial charge in [0, 0.05) is 12.1 Å². The van der Waals surface area contributed by atoms with Crippen molar-refractivity contribution < 1.29 is 22.8 Å². The number of nitrogens with one attached hydrogen (secondary N) is 1. The summed E-state index contributed by atoms with van der Waals surface area (Å²) in [6.07, 6.45) is -4.21. The lowest BCUT2D eigenvalue weighted by Gasteiger charge is -2.38. The monoisotopic (exact) mass is 377 g/mol. The number of nitrogens with two attached hydrogens (primary N) is 1. The van der Waals surface area contributed by atoms with Gasteiger partial charge in [0.1, 0.15) is 6.04 Å². The molecule has 1 aliphatic rings. The van der Waals surface area contributed by atoms with Crippen LogP contribution in [-0.4, -0.2) is 18.0 Å². The smallest absolute Gasteiger partial charge is 0.352 e. The van der Waals surface area contributed by atoms with Crippen molar-refractivity contribution >= 4 is 17.6 Å². The standard InChI is InChI=1S/C19H18F3N3O2/c1-11(12-6-4-7-14(9-12)19(20,21)22)25-16-8-3-2-5-13(16)10-15(17(25)26)24-18(23)27/h2-9,11,15H,10H2,1H3,(H3,23,24,27)/t11-,15+/m0/s1. The van der Waals surface area contributed by atoms with E-state index in [4.69, 9.17) is 5.73 Å². The predicted molar refractivity (Wildman–Crippen MR) is 94.0 cm³/mol. The number of fused-ring (bicyclic) bond motifs is 1. The van der Waals surface area contributed by atoms with Crippen molar-refractivity contribution in [2.45, 2.75) is 31.6 Å². The van der Waals surface area contributed by atoms with Crippen LogP contribution in [-0.2, 0) is 17.4 Å². The van der Waals surface area contributed by atoms with Crippen molar-refractivity contribution in [2.24, 2.45) is 5.73 Å². The van der Waals surface area contributed by atoms with E-state index >= 15 is 0 Å². The average Bonchev–Trinajstić information content (AvgIpc) is 2.61. The minimum absolute atomic E-state index is 0.268. The molecule has 3 N–H and O–H groups in total. The van der Waals surface area contributed by atoms with Crippen LogP contribution in [0.25, 0.3) is 0 Å². The van der Waals surface area contributed by atoms with E-state index in [0.717, 1.165) is 17.7 Å². The Morgan fingerprint density at radius 1 is 1.22 bits per heavy atom. The van der Waals surface area contributed by atoms with Crippen molar-refractivity contribution in [3.05, 3.63) is 65.2 Å². The van der Waals surface area contributed by atoms with Gasteiger partial charge in [0.15, 0.2) is 0 Å². The van der Waals surface area contributed by atoms with E-state index in [0.29, 0.717) is 11.3 Å². The SMILES string of the molecule is C[C@@H](c1cccc(C(F)(F)F)c1)N1C(=O)[C@H](NC(N)=O)Cc2ccccc21. The third kappa shape index (κ3) is 3.74. The maximum atomic E-state index is 13.1. The summed E-state index contributed by atoms with van der Waals surface area (Å²) < 4.78 is 39.2. The molecule has 2 aromatic carbocycles. The second-order valence-corrected chi connectivity index (χ2v) is 6.40. The number of hydrogen-bond acceptors (Lipinski definition) is 2. The number of hydrogen-bond donors (Lipinski definition) is 2. The van der Waals surface area contributed by atoms with Gasteiger partial charge in [-0.05, 0) is 36.2 Å². The summed E-state index contributed by atoms with van der Waals surface area (Å²) in [6, 6.07) is 9.59. The summed E-state index contributed by atoms with van der Waals surface area (Å²) in [5.41, 5.74) is 6.13. The maximum absolute atomic E-state index is 13.1. The molecule has 5 nitrogen and oxygen atoms in total. The number of para-hydroxylation sites is 1. The molecule has 0 unspecified atom stereocenters. The van der Waals surface area contributed by atoms with Crippen LogP contribution in [0.5, 0.6) is 0 Å². The average molecular weight is 377 g/mol. The summed E-state index contributed by atoms with van der Waals surface area (Å²) in [6.45, 7) is 1.65. The second-order valence-electron chi connectivity index (χ2n) is 6.40. The number of nitrogens with zero attached hydrogens (tertiary/aromatic N) is 1. The largest absolute Gasteiger partial charge is 0.416 e. The summed E-state index contributed by atoms with van der Waals surface area (Å²) in [7, 11) is 0. The summed E-state index contributed by atoms with van der Waals surface area (Å²) >= 11 is 0. The highest BCUT2D eigenvalue weighted by Crippen LogP contribution is 2.37. The Kier molecular flexibility index (Phi) is 4.82. The molecule has 0 saturated heterocycles. The molecule has 0 spiro atoms. The molecule has 0 aliphatic carbocycles. The fourth-order valence-electron chi connectivity index (χ4n) is 3.32. The third-order valence-electron chi connectivity index (χ3n) is 4.61. The molecule has 1 heterocycles. The van der Waals surface area contributed by atoms with Crippen molar-refractivity contribution in [3.8, 4) is 0 Å². The number of rotatable bonds is 3. The highest BCUT2D eigenvalue weighted by Gasteiger charge is 2.37. The van der Waals surface area contributed by atoms with Crippen molar-refractivity contribution in [2.75, 3.05) is 4.90 Å². The maximum Gasteiger partial charge on any atom is 0.416 e. The van der Waals surface area contributed by atoms with Crippen molar-refractivity contribution in [3.63, 3.8) is 0 Å². The minimum atomic E-state index is -4.48. The number of urea groups is 1. The Hall–Kier alpha value is -3.03. The molecular formula is C19H18F3N3O2. The number of primary amides is 1. The Morgan fingerprint density at radius 2 is 1.93 bits per heavy atom. The highest BCUT2D eigenvalue weighted by atomic mass is 19.4. The van der Waals surface area contributed by atoms with Gasteiger partial charge in [-0.25, -0.2) is 4.79 Å². The van der Waals surface area contributed by atoms with Crippen LogP contribution >= 0.6 is 0 Å². The molecule has 8 heteroatoms. The van der Waals surface area contributed by atoms with E-state index in [2.05, 4.69) is 5.32 Å². The van der Waals surface area contributed by atoms with Gasteiger partial charge >= 0.3 is 12.2 Å². The first-order valence-electron chi connectivity index (χ1n) is 8.32. The van der Waals surface area contributed by atoms with E-state index in [1.165, 1.54) is 11.0 Å². The van der Waals surface area contributed by atoms with E-state index in [1.54, 1.807) is 31.2 Å². The van der Waals surface area contributed by atoms with Gasteiger partial charge in [-0.3, -0.25) is 4.79 Å². The molecule has 2 atom stereocenters. The lowest BCUT2D eigenvalue weighted by atomic mass is 9.93. The van der Waals surface area contributed by atoms with Crippen LogP contribution in [0, 0.1) is 0 Å². The zero-order valence-electron chi connectivity index (χ0n) is 14.5. The quantitative estimate of drug-likeness (QED) is 0.860. The van der Waals surface area contributed by atoms with Gasteiger partial charge in [-0.1, -0.05) is 30.3 Å². The van der Waals surface area contributed by atoms with Crippen molar-refractivity contribution in [1.29, 1.82) is 0 Å². The molecule has 0 aromatic heterocycles. The van der Waals surface area contributed by atoms with E-state index in [1.807, 2.05) is 6.07 Å². The zero-order chi connectivity index (χ0) is 19.8. The third-order valence-corrected chi connectivity index (χ3v) is 4.61. The molecular weight excluding hydrogens is 359 g/mol. The number of carbonyl (C=O) groups excluding carboxylic acids is 2. The lowest BCUT2D eigenvalue weighted by molar-refractivity contribution is -0.137. The number of alkyl halides is 3. The van der Waals surface area contributed by atoms with Gasteiger partial charge in [0.25, 0.3) is 5.91 Å². The molecule has 2 aromatic rings. The molecule has 0 radical (unpaired) electrons. The van der Waals surface area contributed by atoms with E-state index < -0.39 is 35.8 Å². The van der Waals surface area contributed by atoms with Crippen LogP contribution in [0.2, 0.25) is 0 Å². The van der Waals surface area contributed by atoms with Crippen LogP contribution < -0.4 is 16.0 Å². The summed E-state index contributed by atoms with van der Waals surface area (Å²) in [4.78, 5) is 25.6. The Labute approximate surface area is 154 Å². The minimum Gasteiger partial charge on any atom is -0.352 e. The number of amides is 3. The molecule has 0 bridgehead atoms. The van der Waals surface area contributed by atoms with Gasteiger partial charge in [-0.2, -0.15) is 13.2 Å². The normalized spacial score (nSPS) is 18.0. The zero-order valence-corrected chi connectivity index (χ0v) is 14.5. The first kappa shape index (κ1) is 18.8. The summed E-state index contributed by atoms with van der Waals surface area (Å²) in [5, 5.41) is 2.41. The molecule has 3 amide bonds. The van der Waals surface area contributed by atoms with Crippen LogP contribution in [0.3, 0.4) is 0 Å². The fourth-order valence-corrected chi connectivity index (χ4v) is 3.32. The Morgan fingerprint density at radius 3 is 2.59 bits per heavy atom. The summed E-state index contributed by atoms with van der Waals surface area (Å²) in [5.74, 6) is -0.419. The van der Waals surface area contributed by atoms with Gasteiger partial charge in [0.05, 0.1) is 11.6 Å². The van der Waals surface area contributed by atoms with Crippen molar-refractivity contribution in [1.82, 2.24) is 5.32 Å². The predicted octanol–water partition coefficient (Wildman–Crippen LogP) is 3.39. The van der Waals surface area contributed by atoms with E-state index in [9.17, 15) is 22.8 Å². The fraction of sp³-hybridized carbons (Fsp3) is 0.263. The number of carbonyl (C=O) groups is 2. The lowest BCUT2D eigenvalue weighted by Crippen LogP contribution is -2.54.